The summed E-state index contributed by atoms with van der Waals surface area (Å²) in [5.41, 5.74) is -0.326. The number of rotatable bonds is 4. The fraction of sp³-hybridized carbons (Fsp3) is 0.500. The van der Waals surface area contributed by atoms with E-state index in [1.54, 1.807) is 12.1 Å². The maximum Gasteiger partial charge on any atom is 0.244 e. The van der Waals surface area contributed by atoms with E-state index in [1.165, 1.54) is 6.07 Å². The van der Waals surface area contributed by atoms with Crippen molar-refractivity contribution in [2.24, 2.45) is 0 Å². The molecule has 1 amide bonds. The highest BCUT2D eigenvalue weighted by molar-refractivity contribution is 9.10. The molecule has 2 N–H and O–H groups in total. The smallest absolute Gasteiger partial charge is 0.244 e. The summed E-state index contributed by atoms with van der Waals surface area (Å²) in [7, 11) is 0. The molecule has 1 saturated heterocycles. The van der Waals surface area contributed by atoms with Crippen LogP contribution in [0.4, 0.5) is 10.1 Å². The Morgan fingerprint density at radius 1 is 1.58 bits per heavy atom. The molecule has 19 heavy (non-hydrogen) atoms. The first kappa shape index (κ1) is 14.5. The molecule has 1 atom stereocenters. The first-order valence-electron chi connectivity index (χ1n) is 6.59. The van der Waals surface area contributed by atoms with E-state index in [0.29, 0.717) is 4.47 Å². The maximum absolute atomic E-state index is 13.7. The van der Waals surface area contributed by atoms with Crippen molar-refractivity contribution < 1.29 is 9.18 Å². The van der Waals surface area contributed by atoms with Crippen LogP contribution in [0.5, 0.6) is 0 Å². The third-order valence-corrected chi connectivity index (χ3v) is 4.22. The Kier molecular flexibility index (Phi) is 4.58. The van der Waals surface area contributed by atoms with Crippen molar-refractivity contribution in [1.82, 2.24) is 5.32 Å². The van der Waals surface area contributed by atoms with Gasteiger partial charge in [0.25, 0.3) is 0 Å². The second-order valence-corrected chi connectivity index (χ2v) is 5.77. The summed E-state index contributed by atoms with van der Waals surface area (Å²) in [6.07, 6.45) is 3.47. The minimum atomic E-state index is -0.545. The molecule has 104 valence electrons. The van der Waals surface area contributed by atoms with E-state index in [4.69, 9.17) is 0 Å². The lowest BCUT2D eigenvalue weighted by atomic mass is 9.91. The zero-order valence-corrected chi connectivity index (χ0v) is 12.5. The second kappa shape index (κ2) is 6.01. The summed E-state index contributed by atoms with van der Waals surface area (Å²) in [4.78, 5) is 12.5. The third kappa shape index (κ3) is 2.98. The van der Waals surface area contributed by atoms with Crippen LogP contribution in [0.15, 0.2) is 22.7 Å². The van der Waals surface area contributed by atoms with Gasteiger partial charge in [0.15, 0.2) is 0 Å². The van der Waals surface area contributed by atoms with Gasteiger partial charge >= 0.3 is 0 Å². The molecule has 0 radical (unpaired) electrons. The van der Waals surface area contributed by atoms with E-state index in [2.05, 4.69) is 26.6 Å². The normalized spacial score (nSPS) is 22.5. The molecule has 0 aliphatic carbocycles. The molecule has 3 nitrogen and oxygen atoms in total. The van der Waals surface area contributed by atoms with Gasteiger partial charge in [0.05, 0.1) is 11.2 Å². The second-order valence-electron chi connectivity index (χ2n) is 4.91. The van der Waals surface area contributed by atoms with Crippen LogP contribution in [0.2, 0.25) is 0 Å². The van der Waals surface area contributed by atoms with E-state index < -0.39 is 11.4 Å². The van der Waals surface area contributed by atoms with Crippen molar-refractivity contribution in [3.8, 4) is 0 Å². The van der Waals surface area contributed by atoms with Crippen LogP contribution in [-0.4, -0.2) is 18.0 Å². The number of amides is 1. The first-order valence-corrected chi connectivity index (χ1v) is 7.39. The van der Waals surface area contributed by atoms with Crippen molar-refractivity contribution in [3.05, 3.63) is 28.5 Å². The highest BCUT2D eigenvalue weighted by Gasteiger charge is 2.40. The molecule has 5 heteroatoms. The summed E-state index contributed by atoms with van der Waals surface area (Å²) in [5, 5.41) is 6.00. The average Bonchev–Trinajstić information content (AvgIpc) is 2.84. The van der Waals surface area contributed by atoms with E-state index in [1.807, 2.05) is 6.92 Å². The van der Waals surface area contributed by atoms with Crippen molar-refractivity contribution in [3.63, 3.8) is 0 Å². The lowest BCUT2D eigenvalue weighted by Gasteiger charge is -2.28. The number of halogens is 2. The van der Waals surface area contributed by atoms with Crippen molar-refractivity contribution in [1.29, 1.82) is 0 Å². The van der Waals surface area contributed by atoms with Crippen LogP contribution in [0.1, 0.15) is 32.6 Å². The number of hydrogen-bond donors (Lipinski definition) is 2. The van der Waals surface area contributed by atoms with Crippen molar-refractivity contribution in [2.45, 2.75) is 38.1 Å². The van der Waals surface area contributed by atoms with E-state index >= 15 is 0 Å². The Balaban J connectivity index is 2.20. The number of carbonyl (C=O) groups is 1. The van der Waals surface area contributed by atoms with Gasteiger partial charge in [-0.15, -0.1) is 0 Å². The van der Waals surface area contributed by atoms with Gasteiger partial charge in [-0.25, -0.2) is 4.39 Å². The fourth-order valence-electron chi connectivity index (χ4n) is 2.60. The molecule has 0 spiro atoms. The quantitative estimate of drug-likeness (QED) is 0.888. The molecule has 1 unspecified atom stereocenters. The number of hydrogen-bond acceptors (Lipinski definition) is 2. The predicted molar refractivity (Wildman–Crippen MR) is 77.6 cm³/mol. The van der Waals surface area contributed by atoms with E-state index in [0.717, 1.165) is 32.2 Å². The van der Waals surface area contributed by atoms with Crippen molar-refractivity contribution in [2.75, 3.05) is 11.9 Å². The molecule has 1 fully saturated rings. The van der Waals surface area contributed by atoms with Crippen LogP contribution in [-0.2, 0) is 4.79 Å². The molecule has 1 aromatic rings. The first-order chi connectivity index (χ1) is 9.09. The number of nitrogens with one attached hydrogen (secondary N) is 2. The highest BCUT2D eigenvalue weighted by Crippen LogP contribution is 2.30. The molecule has 1 aliphatic rings. The van der Waals surface area contributed by atoms with Crippen LogP contribution in [0, 0.1) is 5.82 Å². The highest BCUT2D eigenvalue weighted by atomic mass is 79.9. The Bertz CT molecular complexity index is 452. The Hall–Kier alpha value is -0.940. The zero-order chi connectivity index (χ0) is 13.9. The number of para-hydroxylation sites is 1. The molecule has 1 aromatic carbocycles. The van der Waals surface area contributed by atoms with Crippen LogP contribution >= 0.6 is 15.9 Å². The minimum absolute atomic E-state index is 0.141. The van der Waals surface area contributed by atoms with Gasteiger partial charge < -0.3 is 10.6 Å². The molecular formula is C14H18BrFN2O. The van der Waals surface area contributed by atoms with Gasteiger partial charge in [0, 0.05) is 4.47 Å². The fourth-order valence-corrected chi connectivity index (χ4v) is 3.05. The topological polar surface area (TPSA) is 41.1 Å². The predicted octanol–water partition coefficient (Wildman–Crippen LogP) is 3.45. The number of benzene rings is 1. The summed E-state index contributed by atoms with van der Waals surface area (Å²) in [5.74, 6) is -0.565. The number of carbonyl (C=O) groups excluding carboxylic acids is 1. The molecular weight excluding hydrogens is 311 g/mol. The van der Waals surface area contributed by atoms with E-state index in [9.17, 15) is 9.18 Å². The largest absolute Gasteiger partial charge is 0.321 e. The molecule has 0 saturated carbocycles. The zero-order valence-electron chi connectivity index (χ0n) is 10.9. The maximum atomic E-state index is 13.7. The minimum Gasteiger partial charge on any atom is -0.321 e. The summed E-state index contributed by atoms with van der Waals surface area (Å²) >= 11 is 3.27. The Morgan fingerprint density at radius 2 is 2.37 bits per heavy atom. The van der Waals surface area contributed by atoms with Gasteiger partial charge in [0.1, 0.15) is 5.82 Å². The van der Waals surface area contributed by atoms with Gasteiger partial charge in [-0.3, -0.25) is 4.79 Å². The summed E-state index contributed by atoms with van der Waals surface area (Å²) < 4.78 is 14.3. The summed E-state index contributed by atoms with van der Waals surface area (Å²) in [6.45, 7) is 2.89. The Morgan fingerprint density at radius 3 is 2.95 bits per heavy atom. The molecule has 0 bridgehead atoms. The average molecular weight is 329 g/mol. The monoisotopic (exact) mass is 328 g/mol. The van der Waals surface area contributed by atoms with Crippen LogP contribution < -0.4 is 10.6 Å². The third-order valence-electron chi connectivity index (χ3n) is 3.56. The molecule has 1 heterocycles. The van der Waals surface area contributed by atoms with Gasteiger partial charge in [-0.1, -0.05) is 19.4 Å². The SMILES string of the molecule is CCCC1(C(=O)Nc2c(F)cccc2Br)CCCN1. The number of anilines is 1. The van der Waals surface area contributed by atoms with Gasteiger partial charge in [-0.05, 0) is 53.9 Å². The van der Waals surface area contributed by atoms with Crippen LogP contribution in [0.25, 0.3) is 0 Å². The van der Waals surface area contributed by atoms with E-state index in [-0.39, 0.29) is 11.6 Å². The van der Waals surface area contributed by atoms with Crippen LogP contribution in [0.3, 0.4) is 0 Å². The van der Waals surface area contributed by atoms with Gasteiger partial charge in [-0.2, -0.15) is 0 Å². The van der Waals surface area contributed by atoms with Gasteiger partial charge in [0.2, 0.25) is 5.91 Å². The Labute approximate surface area is 121 Å². The van der Waals surface area contributed by atoms with Crippen molar-refractivity contribution >= 4 is 27.5 Å². The summed E-state index contributed by atoms with van der Waals surface area (Å²) in [6, 6.07) is 4.66. The standard InChI is InChI=1S/C14H18BrFN2O/c1-2-7-14(8-4-9-17-14)13(19)18-12-10(15)5-3-6-11(12)16/h3,5-6,17H,2,4,7-9H2,1H3,(H,18,19). The molecule has 0 aromatic heterocycles. The lowest BCUT2D eigenvalue weighted by Crippen LogP contribution is -2.50. The molecule has 2 rings (SSSR count). The lowest BCUT2D eigenvalue weighted by molar-refractivity contribution is -0.122. The molecule has 1 aliphatic heterocycles.